The maximum absolute atomic E-state index is 12.2. The normalized spacial score (nSPS) is 13.5. The molecule has 24 heavy (non-hydrogen) atoms. The Morgan fingerprint density at radius 1 is 1.04 bits per heavy atom. The van der Waals surface area contributed by atoms with Gasteiger partial charge >= 0.3 is 0 Å². The number of hydrogen-bond acceptors (Lipinski definition) is 5. The second-order valence-electron chi connectivity index (χ2n) is 5.42. The third kappa shape index (κ3) is 3.00. The molecule has 0 saturated heterocycles. The molecule has 2 heterocycles. The largest absolute Gasteiger partial charge is 0.294 e. The number of ketones is 1. The summed E-state index contributed by atoms with van der Waals surface area (Å²) in [5.41, 5.74) is 3.31. The van der Waals surface area contributed by atoms with Gasteiger partial charge in [-0.3, -0.25) is 14.9 Å². The van der Waals surface area contributed by atoms with Crippen LogP contribution in [0.25, 0.3) is 11.4 Å². The van der Waals surface area contributed by atoms with Crippen molar-refractivity contribution in [2.24, 2.45) is 4.99 Å². The molecule has 0 radical (unpaired) electrons. The van der Waals surface area contributed by atoms with E-state index in [9.17, 15) is 4.79 Å². The van der Waals surface area contributed by atoms with E-state index in [1.54, 1.807) is 0 Å². The molecule has 2 aromatic carbocycles. The van der Waals surface area contributed by atoms with Gasteiger partial charge < -0.3 is 0 Å². The molecular weight excluding hydrogens is 320 g/mol. The molecule has 0 saturated carbocycles. The van der Waals surface area contributed by atoms with E-state index in [2.05, 4.69) is 20.2 Å². The summed E-state index contributed by atoms with van der Waals surface area (Å²) in [6.45, 7) is 0. The van der Waals surface area contributed by atoms with Gasteiger partial charge in [0.25, 0.3) is 0 Å². The van der Waals surface area contributed by atoms with Crippen LogP contribution in [0.5, 0.6) is 0 Å². The lowest BCUT2D eigenvalue weighted by molar-refractivity contribution is 0.1000. The van der Waals surface area contributed by atoms with Gasteiger partial charge in [-0.05, 0) is 12.1 Å². The third-order valence-corrected chi connectivity index (χ3v) is 4.65. The molecule has 5 nitrogen and oxygen atoms in total. The molecule has 0 fully saturated rings. The number of aromatic amines is 1. The van der Waals surface area contributed by atoms with E-state index in [0.717, 1.165) is 22.8 Å². The number of fused-ring (bicyclic) bond motifs is 1. The van der Waals surface area contributed by atoms with Gasteiger partial charge in [0.1, 0.15) is 0 Å². The Morgan fingerprint density at radius 2 is 1.83 bits per heavy atom. The molecule has 1 aromatic heterocycles. The maximum Gasteiger partial charge on any atom is 0.209 e. The molecule has 0 aliphatic carbocycles. The van der Waals surface area contributed by atoms with Crippen LogP contribution in [0.1, 0.15) is 16.8 Å². The molecule has 0 spiro atoms. The van der Waals surface area contributed by atoms with E-state index in [4.69, 9.17) is 0 Å². The van der Waals surface area contributed by atoms with Crippen LogP contribution >= 0.6 is 11.8 Å². The topological polar surface area (TPSA) is 71.0 Å². The Labute approximate surface area is 143 Å². The number of Topliss-reactive ketones (excluding diaryl/α,β-unsaturated/α-hetero) is 1. The van der Waals surface area contributed by atoms with E-state index < -0.39 is 0 Å². The van der Waals surface area contributed by atoms with Gasteiger partial charge in [0.05, 0.1) is 12.1 Å². The first-order chi connectivity index (χ1) is 11.8. The smallest absolute Gasteiger partial charge is 0.209 e. The molecule has 0 amide bonds. The fraction of sp³-hybridized carbons (Fsp3) is 0.111. The van der Waals surface area contributed by atoms with Crippen LogP contribution < -0.4 is 0 Å². The van der Waals surface area contributed by atoms with Gasteiger partial charge in [-0.1, -0.05) is 54.2 Å². The summed E-state index contributed by atoms with van der Waals surface area (Å²) >= 11 is 1.48. The summed E-state index contributed by atoms with van der Waals surface area (Å²) in [4.78, 5) is 21.2. The van der Waals surface area contributed by atoms with Crippen LogP contribution in [0.4, 0.5) is 5.69 Å². The number of thioether (sulfide) groups is 1. The van der Waals surface area contributed by atoms with E-state index in [1.165, 1.54) is 11.8 Å². The van der Waals surface area contributed by atoms with Crippen molar-refractivity contribution in [3.8, 4) is 11.4 Å². The minimum atomic E-state index is 0.121. The molecule has 118 valence electrons. The van der Waals surface area contributed by atoms with Gasteiger partial charge in [-0.15, -0.1) is 5.10 Å². The highest BCUT2D eigenvalue weighted by Gasteiger charge is 2.19. The zero-order valence-corrected chi connectivity index (χ0v) is 13.6. The van der Waals surface area contributed by atoms with Gasteiger partial charge in [0.15, 0.2) is 11.6 Å². The van der Waals surface area contributed by atoms with Crippen molar-refractivity contribution in [1.29, 1.82) is 0 Å². The zero-order chi connectivity index (χ0) is 16.4. The van der Waals surface area contributed by atoms with Gasteiger partial charge in [-0.2, -0.15) is 0 Å². The number of rotatable bonds is 4. The molecule has 1 N–H and O–H groups in total. The van der Waals surface area contributed by atoms with Crippen LogP contribution in [-0.2, 0) is 0 Å². The minimum Gasteiger partial charge on any atom is -0.294 e. The number of aromatic nitrogens is 3. The van der Waals surface area contributed by atoms with Crippen molar-refractivity contribution in [1.82, 2.24) is 15.2 Å². The Hall–Kier alpha value is -2.73. The highest BCUT2D eigenvalue weighted by Crippen LogP contribution is 2.27. The quantitative estimate of drug-likeness (QED) is 0.734. The second-order valence-corrected chi connectivity index (χ2v) is 6.36. The Balaban J connectivity index is 1.48. The molecule has 1 aliphatic heterocycles. The highest BCUT2D eigenvalue weighted by molar-refractivity contribution is 7.99. The minimum absolute atomic E-state index is 0.121. The first kappa shape index (κ1) is 14.8. The first-order valence-corrected chi connectivity index (χ1v) is 8.57. The van der Waals surface area contributed by atoms with E-state index in [1.807, 2.05) is 54.6 Å². The van der Waals surface area contributed by atoms with E-state index in [-0.39, 0.29) is 5.78 Å². The fourth-order valence-corrected chi connectivity index (χ4v) is 3.29. The molecule has 6 heteroatoms. The average molecular weight is 334 g/mol. The summed E-state index contributed by atoms with van der Waals surface area (Å²) in [7, 11) is 0. The molecule has 0 bridgehead atoms. The average Bonchev–Trinajstić information content (AvgIpc) is 3.10. The first-order valence-electron chi connectivity index (χ1n) is 7.59. The van der Waals surface area contributed by atoms with E-state index >= 15 is 0 Å². The lowest BCUT2D eigenvalue weighted by Crippen LogP contribution is -2.15. The Morgan fingerprint density at radius 3 is 2.71 bits per heavy atom. The number of benzene rings is 2. The molecule has 0 atom stereocenters. The number of para-hydroxylation sites is 1. The Bertz CT molecular complexity index is 918. The number of nitrogens with one attached hydrogen (secondary N) is 1. The third-order valence-electron chi connectivity index (χ3n) is 3.73. The van der Waals surface area contributed by atoms with Crippen LogP contribution in [0.15, 0.2) is 64.7 Å². The summed E-state index contributed by atoms with van der Waals surface area (Å²) in [6, 6.07) is 17.3. The van der Waals surface area contributed by atoms with Crippen molar-refractivity contribution in [2.45, 2.75) is 11.6 Å². The predicted octanol–water partition coefficient (Wildman–Crippen LogP) is 3.92. The van der Waals surface area contributed by atoms with Crippen molar-refractivity contribution >= 4 is 28.9 Å². The lowest BCUT2D eigenvalue weighted by atomic mass is 10.0. The Kier molecular flexibility index (Phi) is 3.96. The number of carbonyl (C=O) groups excluding carboxylic acids is 1. The van der Waals surface area contributed by atoms with Crippen molar-refractivity contribution in [3.63, 3.8) is 0 Å². The highest BCUT2D eigenvalue weighted by atomic mass is 32.2. The summed E-state index contributed by atoms with van der Waals surface area (Å²) in [6.07, 6.45) is 0.361. The molecule has 4 rings (SSSR count). The summed E-state index contributed by atoms with van der Waals surface area (Å²) in [5.74, 6) is 1.47. The van der Waals surface area contributed by atoms with Gasteiger partial charge in [0.2, 0.25) is 5.16 Å². The SMILES string of the molecule is O=C1CC(CSc2n[nH]c(-c3ccccc3)n2)=Nc2ccccc21. The molecule has 3 aromatic rings. The monoisotopic (exact) mass is 334 g/mol. The van der Waals surface area contributed by atoms with Crippen molar-refractivity contribution < 1.29 is 4.79 Å². The summed E-state index contributed by atoms with van der Waals surface area (Å²) in [5, 5.41) is 7.83. The fourth-order valence-electron chi connectivity index (χ4n) is 2.56. The van der Waals surface area contributed by atoms with Crippen LogP contribution in [0.3, 0.4) is 0 Å². The number of hydrogen-bond donors (Lipinski definition) is 1. The maximum atomic E-state index is 12.2. The molecular formula is C18H14N4OS. The number of carbonyl (C=O) groups is 1. The van der Waals surface area contributed by atoms with E-state index in [0.29, 0.717) is 22.9 Å². The van der Waals surface area contributed by atoms with Gasteiger partial charge in [-0.25, -0.2) is 4.98 Å². The molecule has 1 aliphatic rings. The standard InChI is InChI=1S/C18H14N4OS/c23-16-10-13(19-15-9-5-4-8-14(15)16)11-24-18-20-17(21-22-18)12-6-2-1-3-7-12/h1-9H,10-11H2,(H,20,21,22). The second kappa shape index (κ2) is 6.41. The van der Waals surface area contributed by atoms with Crippen LogP contribution in [0, 0.1) is 0 Å². The number of H-pyrrole nitrogens is 1. The molecule has 0 unspecified atom stereocenters. The van der Waals surface area contributed by atoms with Gasteiger partial charge in [0, 0.05) is 22.6 Å². The predicted molar refractivity (Wildman–Crippen MR) is 95.0 cm³/mol. The zero-order valence-electron chi connectivity index (χ0n) is 12.8. The number of nitrogens with zero attached hydrogens (tertiary/aromatic N) is 3. The number of aliphatic imine (C=N–C) groups is 1. The van der Waals surface area contributed by atoms with Crippen molar-refractivity contribution in [2.75, 3.05) is 5.75 Å². The van der Waals surface area contributed by atoms with Crippen LogP contribution in [-0.4, -0.2) is 32.4 Å². The van der Waals surface area contributed by atoms with Crippen molar-refractivity contribution in [3.05, 3.63) is 60.2 Å². The summed E-state index contributed by atoms with van der Waals surface area (Å²) < 4.78 is 0. The van der Waals surface area contributed by atoms with Crippen LogP contribution in [0.2, 0.25) is 0 Å². The lowest BCUT2D eigenvalue weighted by Gasteiger charge is -2.13.